The Balaban J connectivity index is 1.24. The molecule has 1 aromatic heterocycles. The third-order valence-electron chi connectivity index (χ3n) is 13.0. The summed E-state index contributed by atoms with van der Waals surface area (Å²) in [4.78, 5) is 28.6. The number of phenols is 4. The number of hydrogen-bond donors (Lipinski definition) is 14. The first-order chi connectivity index (χ1) is 35.0. The Labute approximate surface area is 418 Å². The first-order valence-corrected chi connectivity index (χ1v) is 23.1. The Morgan fingerprint density at radius 1 is 0.581 bits per heavy atom. The average molecular weight is 1050 g/mol. The molecule has 74 heavy (non-hydrogen) atoms. The van der Waals surface area contributed by atoms with Crippen molar-refractivity contribution in [1.82, 2.24) is 0 Å². The van der Waals surface area contributed by atoms with Crippen molar-refractivity contribution in [2.45, 2.75) is 144 Å². The third kappa shape index (κ3) is 11.0. The minimum absolute atomic E-state index is 0.0703. The second-order valence-electron chi connectivity index (χ2n) is 18.2. The number of aliphatic hydroxyl groups excluding tert-OH is 10. The number of carbonyl (C=O) groups excluding carboxylic acids is 1. The number of phenolic OH excluding ortho intramolecular Hbond substituents is 4. The minimum atomic E-state index is -2.22. The SMILES string of the molecule is C[C@@H]1O[C@@H](OC[C@H]2O[C@@H](Oc3c(-c4ccc(O)c(O)c4)oc4c(O[C@@H]5O[C@@H](C)[C@H](O)[C@@H](O)[C@H]5O)ccc(O)c4c3=O)[C@H](O[C@@H]3O[C@@H](C)[C@H](O)[C@@H](O)[C@H]3O)[C@@H](O)[C@H]2OC(=O)/C=C/c2ccc(O)cc2)[C@H](O)[C@H](O)[C@H]1O. The molecule has 404 valence electrons. The molecule has 20 atom stereocenters. The number of benzene rings is 3. The van der Waals surface area contributed by atoms with Gasteiger partial charge in [0.2, 0.25) is 23.8 Å². The van der Waals surface area contributed by atoms with Gasteiger partial charge in [0.1, 0.15) is 84.0 Å². The topological polar surface area (TPSA) is 414 Å². The Kier molecular flexibility index (Phi) is 16.4. The van der Waals surface area contributed by atoms with Crippen molar-refractivity contribution >= 4 is 23.0 Å². The van der Waals surface area contributed by atoms with Gasteiger partial charge in [-0.25, -0.2) is 4.79 Å². The Morgan fingerprint density at radius 3 is 1.77 bits per heavy atom. The van der Waals surface area contributed by atoms with Gasteiger partial charge in [-0.1, -0.05) is 12.1 Å². The Hall–Kier alpha value is -5.76. The quantitative estimate of drug-likeness (QED) is 0.0378. The van der Waals surface area contributed by atoms with Crippen molar-refractivity contribution in [2.75, 3.05) is 6.61 Å². The molecule has 0 amide bonds. The van der Waals surface area contributed by atoms with Crippen molar-refractivity contribution in [1.29, 1.82) is 0 Å². The standard InChI is InChI=1S/C48H56O26/c1-16-29(54)33(58)36(61)45(66-16)65-15-26-42(71-27(53)13-6-19-4-8-21(49)9-5-19)39(64)44(74-47-38(63)35(60)31(56)18(3)68-47)48(70-26)73-43-32(57)28-23(51)11-12-25(69-46-37(62)34(59)30(55)17(2)67-46)41(28)72-40(43)20-7-10-22(50)24(52)14-20/h4-14,16-18,26,29-31,33-39,42,44-52,54-56,58-64H,15H2,1-3H3/b13-6+/t16-,17-,18-,26+,29-,30-,31-,33+,34+,35+,36+,37+,38+,39-,42-,44+,45+,46-,47-,48-/m0/s1. The normalized spacial score (nSPS) is 36.7. The molecule has 4 fully saturated rings. The molecular formula is C48H56O26. The largest absolute Gasteiger partial charge is 0.508 e. The third-order valence-corrected chi connectivity index (χ3v) is 13.0. The number of aromatic hydroxyl groups is 4. The first kappa shape index (κ1) is 54.5. The highest BCUT2D eigenvalue weighted by Crippen LogP contribution is 2.42. The van der Waals surface area contributed by atoms with Gasteiger partial charge in [-0.15, -0.1) is 0 Å². The smallest absolute Gasteiger partial charge is 0.331 e. The molecule has 0 unspecified atom stereocenters. The summed E-state index contributed by atoms with van der Waals surface area (Å²) in [5, 5.41) is 149. The summed E-state index contributed by atoms with van der Waals surface area (Å²) in [6.45, 7) is 3.22. The monoisotopic (exact) mass is 1050 g/mol. The molecule has 8 rings (SSSR count). The van der Waals surface area contributed by atoms with Crippen LogP contribution in [0.4, 0.5) is 0 Å². The van der Waals surface area contributed by atoms with E-state index in [4.69, 9.17) is 47.0 Å². The lowest BCUT2D eigenvalue weighted by molar-refractivity contribution is -0.360. The van der Waals surface area contributed by atoms with Crippen molar-refractivity contribution in [2.24, 2.45) is 0 Å². The molecule has 4 aromatic rings. The summed E-state index contributed by atoms with van der Waals surface area (Å²) < 4.78 is 59.1. The molecule has 26 nitrogen and oxygen atoms in total. The van der Waals surface area contributed by atoms with E-state index < -0.39 is 186 Å². The number of carbonyl (C=O) groups is 1. The van der Waals surface area contributed by atoms with Crippen LogP contribution in [0.5, 0.6) is 34.5 Å². The van der Waals surface area contributed by atoms with E-state index in [1.807, 2.05) is 0 Å². The van der Waals surface area contributed by atoms with Crippen LogP contribution in [-0.4, -0.2) is 207 Å². The molecule has 4 aliphatic rings. The van der Waals surface area contributed by atoms with E-state index in [9.17, 15) is 81.1 Å². The lowest BCUT2D eigenvalue weighted by Crippen LogP contribution is -2.65. The van der Waals surface area contributed by atoms with Crippen LogP contribution in [0.15, 0.2) is 69.9 Å². The molecular weight excluding hydrogens is 993 g/mol. The molecule has 4 aliphatic heterocycles. The zero-order valence-electron chi connectivity index (χ0n) is 39.3. The summed E-state index contributed by atoms with van der Waals surface area (Å²) in [5.74, 6) is -5.34. The molecule has 3 aromatic carbocycles. The van der Waals surface area contributed by atoms with Crippen molar-refractivity contribution in [3.05, 3.63) is 76.5 Å². The van der Waals surface area contributed by atoms with E-state index in [2.05, 4.69) is 0 Å². The summed E-state index contributed by atoms with van der Waals surface area (Å²) in [6, 6.07) is 10.7. The van der Waals surface area contributed by atoms with Crippen molar-refractivity contribution in [3.63, 3.8) is 0 Å². The highest BCUT2D eigenvalue weighted by atomic mass is 16.8. The maximum Gasteiger partial charge on any atom is 0.331 e. The fourth-order valence-electron chi connectivity index (χ4n) is 8.60. The molecule has 26 heteroatoms. The van der Waals surface area contributed by atoms with E-state index in [0.29, 0.717) is 5.56 Å². The summed E-state index contributed by atoms with van der Waals surface area (Å²) in [5.41, 5.74) is -1.65. The maximum atomic E-state index is 15.0. The van der Waals surface area contributed by atoms with Gasteiger partial charge in [-0.2, -0.15) is 0 Å². The van der Waals surface area contributed by atoms with Crippen LogP contribution in [0.25, 0.3) is 28.4 Å². The van der Waals surface area contributed by atoms with Crippen LogP contribution in [0.1, 0.15) is 26.3 Å². The molecule has 0 aliphatic carbocycles. The minimum Gasteiger partial charge on any atom is -0.508 e. The van der Waals surface area contributed by atoms with Gasteiger partial charge in [-0.05, 0) is 74.9 Å². The maximum absolute atomic E-state index is 15.0. The summed E-state index contributed by atoms with van der Waals surface area (Å²) >= 11 is 0. The number of hydrogen-bond acceptors (Lipinski definition) is 26. The van der Waals surface area contributed by atoms with Crippen molar-refractivity contribution in [3.8, 4) is 45.8 Å². The van der Waals surface area contributed by atoms with Crippen LogP contribution < -0.4 is 14.9 Å². The molecule has 4 saturated heterocycles. The van der Waals surface area contributed by atoms with Gasteiger partial charge < -0.3 is 119 Å². The highest BCUT2D eigenvalue weighted by molar-refractivity contribution is 5.91. The molecule has 14 N–H and O–H groups in total. The van der Waals surface area contributed by atoms with Crippen LogP contribution in [-0.2, 0) is 38.0 Å². The van der Waals surface area contributed by atoms with Gasteiger partial charge in [0, 0.05) is 11.6 Å². The van der Waals surface area contributed by atoms with E-state index in [1.54, 1.807) is 0 Å². The number of esters is 1. The Morgan fingerprint density at radius 2 is 1.15 bits per heavy atom. The highest BCUT2D eigenvalue weighted by Gasteiger charge is 2.54. The lowest BCUT2D eigenvalue weighted by Gasteiger charge is -2.47. The van der Waals surface area contributed by atoms with Crippen LogP contribution in [0.2, 0.25) is 0 Å². The zero-order valence-corrected chi connectivity index (χ0v) is 39.3. The summed E-state index contributed by atoms with van der Waals surface area (Å²) in [6.07, 6.45) is -32.9. The number of fused-ring (bicyclic) bond motifs is 1. The summed E-state index contributed by atoms with van der Waals surface area (Å²) in [7, 11) is 0. The fraction of sp³-hybridized carbons (Fsp3) is 0.500. The van der Waals surface area contributed by atoms with Gasteiger partial charge in [0.15, 0.2) is 53.4 Å². The van der Waals surface area contributed by atoms with E-state index in [0.717, 1.165) is 36.4 Å². The Bertz CT molecular complexity index is 2700. The first-order valence-electron chi connectivity index (χ1n) is 23.1. The van der Waals surface area contributed by atoms with Gasteiger partial charge in [0.05, 0.1) is 24.9 Å². The molecule has 0 radical (unpaired) electrons. The molecule has 0 spiro atoms. The average Bonchev–Trinajstić information content (AvgIpc) is 3.37. The van der Waals surface area contributed by atoms with Gasteiger partial charge >= 0.3 is 5.97 Å². The lowest BCUT2D eigenvalue weighted by atomic mass is 9.97. The second kappa shape index (κ2) is 22.2. The zero-order chi connectivity index (χ0) is 53.6. The van der Waals surface area contributed by atoms with E-state index in [1.165, 1.54) is 51.1 Å². The molecule has 0 bridgehead atoms. The van der Waals surface area contributed by atoms with Crippen LogP contribution >= 0.6 is 0 Å². The van der Waals surface area contributed by atoms with Crippen LogP contribution in [0.3, 0.4) is 0 Å². The number of ether oxygens (including phenoxy) is 9. The van der Waals surface area contributed by atoms with Crippen molar-refractivity contribution < 1.29 is 123 Å². The number of rotatable bonds is 13. The fourth-order valence-corrected chi connectivity index (χ4v) is 8.60. The molecule has 0 saturated carbocycles. The molecule has 5 heterocycles. The second-order valence-corrected chi connectivity index (χ2v) is 18.2. The van der Waals surface area contributed by atoms with Crippen LogP contribution in [0, 0.1) is 0 Å². The predicted molar refractivity (Wildman–Crippen MR) is 244 cm³/mol. The predicted octanol–water partition coefficient (Wildman–Crippen LogP) is -2.36. The van der Waals surface area contributed by atoms with E-state index >= 15 is 0 Å². The number of aliphatic hydroxyl groups is 10. The van der Waals surface area contributed by atoms with Gasteiger partial charge in [0.25, 0.3) is 0 Å². The van der Waals surface area contributed by atoms with Gasteiger partial charge in [-0.3, -0.25) is 4.79 Å². The van der Waals surface area contributed by atoms with E-state index in [-0.39, 0.29) is 11.3 Å².